The van der Waals surface area contributed by atoms with Crippen molar-refractivity contribution in [2.24, 2.45) is 4.99 Å². The zero-order chi connectivity index (χ0) is 22.6. The van der Waals surface area contributed by atoms with Gasteiger partial charge in [-0.1, -0.05) is 0 Å². The third-order valence-corrected chi connectivity index (χ3v) is 4.31. The van der Waals surface area contributed by atoms with Crippen molar-refractivity contribution in [2.45, 2.75) is 39.3 Å². The quantitative estimate of drug-likeness (QED) is 0.639. The number of anilines is 3. The number of hydrogen-bond acceptors (Lipinski definition) is 8. The first-order valence-corrected chi connectivity index (χ1v) is 9.56. The molecule has 0 fully saturated rings. The Hall–Kier alpha value is -3.89. The standard InChI is InChI=1S/C20H24N8O3/c1-20(2,3)31-19(30)28-6-5-12-9-24-17(26-15(12)11-28)25-14-10-23-16(7-13(14)8-21)27-18(29)22-4/h7-10,21H,4-6,11H2,1-3H3,(H,23,27,29)(H,24,25,26). The highest BCUT2D eigenvalue weighted by molar-refractivity contribution is 5.93. The molecule has 0 bridgehead atoms. The fourth-order valence-electron chi connectivity index (χ4n) is 2.88. The van der Waals surface area contributed by atoms with Crippen molar-refractivity contribution in [3.05, 3.63) is 35.3 Å². The van der Waals surface area contributed by atoms with Crippen LogP contribution in [0, 0.1) is 5.41 Å². The van der Waals surface area contributed by atoms with Gasteiger partial charge in [-0.05, 0) is 45.5 Å². The molecule has 1 aliphatic rings. The number of carbonyl (C=O) groups is 2. The van der Waals surface area contributed by atoms with Crippen molar-refractivity contribution in [1.82, 2.24) is 19.9 Å². The minimum Gasteiger partial charge on any atom is -0.444 e. The largest absolute Gasteiger partial charge is 0.444 e. The van der Waals surface area contributed by atoms with Crippen molar-refractivity contribution >= 4 is 42.5 Å². The van der Waals surface area contributed by atoms with E-state index in [-0.39, 0.29) is 11.9 Å². The van der Waals surface area contributed by atoms with Crippen LogP contribution in [0.5, 0.6) is 0 Å². The highest BCUT2D eigenvalue weighted by Gasteiger charge is 2.26. The number of urea groups is 1. The smallest absolute Gasteiger partial charge is 0.410 e. The SMILES string of the molecule is C=NC(=O)Nc1cc(C=N)c(Nc2ncc3c(n2)CN(C(=O)OC(C)(C)C)CC3)cn1. The van der Waals surface area contributed by atoms with Crippen molar-refractivity contribution in [3.8, 4) is 0 Å². The van der Waals surface area contributed by atoms with Gasteiger partial charge < -0.3 is 20.4 Å². The molecule has 31 heavy (non-hydrogen) atoms. The Morgan fingerprint density at radius 1 is 1.32 bits per heavy atom. The number of hydrogen-bond donors (Lipinski definition) is 3. The maximum Gasteiger partial charge on any atom is 0.410 e. The van der Waals surface area contributed by atoms with Crippen LogP contribution in [0.15, 0.2) is 23.5 Å². The number of aliphatic imine (C=N–C) groups is 1. The van der Waals surface area contributed by atoms with Gasteiger partial charge in [0.05, 0.1) is 24.1 Å². The molecule has 0 spiro atoms. The molecule has 0 radical (unpaired) electrons. The summed E-state index contributed by atoms with van der Waals surface area (Å²) in [5.74, 6) is 0.542. The summed E-state index contributed by atoms with van der Waals surface area (Å²) < 4.78 is 5.45. The highest BCUT2D eigenvalue weighted by atomic mass is 16.6. The van der Waals surface area contributed by atoms with Gasteiger partial charge in [0, 0.05) is 24.5 Å². The van der Waals surface area contributed by atoms with Gasteiger partial charge in [-0.2, -0.15) is 0 Å². The number of carbonyl (C=O) groups excluding carboxylic acids is 2. The average Bonchev–Trinajstić information content (AvgIpc) is 2.72. The van der Waals surface area contributed by atoms with Gasteiger partial charge in [0.15, 0.2) is 0 Å². The zero-order valence-electron chi connectivity index (χ0n) is 17.6. The monoisotopic (exact) mass is 424 g/mol. The normalized spacial score (nSPS) is 13.1. The molecule has 3 amide bonds. The summed E-state index contributed by atoms with van der Waals surface area (Å²) >= 11 is 0. The summed E-state index contributed by atoms with van der Waals surface area (Å²) in [5, 5.41) is 13.1. The Balaban J connectivity index is 1.77. The van der Waals surface area contributed by atoms with Crippen molar-refractivity contribution in [2.75, 3.05) is 17.2 Å². The highest BCUT2D eigenvalue weighted by Crippen LogP contribution is 2.23. The zero-order valence-corrected chi connectivity index (χ0v) is 17.6. The second-order valence-electron chi connectivity index (χ2n) is 7.83. The number of nitrogens with zero attached hydrogens (tertiary/aromatic N) is 5. The van der Waals surface area contributed by atoms with Gasteiger partial charge >= 0.3 is 12.1 Å². The van der Waals surface area contributed by atoms with E-state index in [0.29, 0.717) is 36.7 Å². The van der Waals surface area contributed by atoms with Crippen LogP contribution in [-0.4, -0.2) is 57.1 Å². The lowest BCUT2D eigenvalue weighted by Crippen LogP contribution is -2.40. The number of ether oxygens (including phenoxy) is 1. The van der Waals surface area contributed by atoms with E-state index in [1.54, 1.807) is 11.1 Å². The van der Waals surface area contributed by atoms with Crippen LogP contribution in [0.1, 0.15) is 37.6 Å². The molecule has 3 N–H and O–H groups in total. The van der Waals surface area contributed by atoms with Crippen molar-refractivity contribution < 1.29 is 14.3 Å². The van der Waals surface area contributed by atoms with E-state index >= 15 is 0 Å². The summed E-state index contributed by atoms with van der Waals surface area (Å²) in [5.41, 5.74) is 2.07. The molecule has 0 aliphatic carbocycles. The molecule has 3 heterocycles. The third-order valence-electron chi connectivity index (χ3n) is 4.31. The number of nitrogens with one attached hydrogen (secondary N) is 3. The Morgan fingerprint density at radius 2 is 2.10 bits per heavy atom. The van der Waals surface area contributed by atoms with E-state index < -0.39 is 11.6 Å². The molecule has 0 saturated carbocycles. The lowest BCUT2D eigenvalue weighted by molar-refractivity contribution is 0.0220. The number of rotatable bonds is 4. The maximum absolute atomic E-state index is 12.4. The molecule has 0 aromatic carbocycles. The summed E-state index contributed by atoms with van der Waals surface area (Å²) in [6, 6.07) is 0.873. The van der Waals surface area contributed by atoms with Crippen LogP contribution in [0.4, 0.5) is 27.0 Å². The van der Waals surface area contributed by atoms with Crippen LogP contribution in [0.25, 0.3) is 0 Å². The van der Waals surface area contributed by atoms with Gasteiger partial charge in [0.25, 0.3) is 0 Å². The van der Waals surface area contributed by atoms with Gasteiger partial charge in [-0.25, -0.2) is 29.5 Å². The van der Waals surface area contributed by atoms with Crippen LogP contribution >= 0.6 is 0 Å². The molecular formula is C20H24N8O3. The molecule has 11 heteroatoms. The Kier molecular flexibility index (Phi) is 6.23. The second kappa shape index (κ2) is 8.86. The van der Waals surface area contributed by atoms with Crippen LogP contribution in [0.3, 0.4) is 0 Å². The first-order valence-electron chi connectivity index (χ1n) is 9.56. The summed E-state index contributed by atoms with van der Waals surface area (Å²) in [6.45, 7) is 9.47. The van der Waals surface area contributed by atoms with Crippen LogP contribution in [-0.2, 0) is 17.7 Å². The van der Waals surface area contributed by atoms with Crippen molar-refractivity contribution in [3.63, 3.8) is 0 Å². The molecule has 11 nitrogen and oxygen atoms in total. The molecular weight excluding hydrogens is 400 g/mol. The Morgan fingerprint density at radius 3 is 2.77 bits per heavy atom. The molecule has 3 rings (SSSR count). The summed E-state index contributed by atoms with van der Waals surface area (Å²) in [4.78, 5) is 41.5. The lowest BCUT2D eigenvalue weighted by Gasteiger charge is -2.30. The molecule has 0 saturated heterocycles. The predicted octanol–water partition coefficient (Wildman–Crippen LogP) is 3.14. The number of pyridine rings is 1. The molecule has 162 valence electrons. The van der Waals surface area contributed by atoms with Gasteiger partial charge in [-0.15, -0.1) is 0 Å². The maximum atomic E-state index is 12.4. The molecule has 2 aromatic heterocycles. The molecule has 2 aromatic rings. The first kappa shape index (κ1) is 21.8. The Labute approximate surface area is 179 Å². The fourth-order valence-corrected chi connectivity index (χ4v) is 2.88. The predicted molar refractivity (Wildman–Crippen MR) is 116 cm³/mol. The number of fused-ring (bicyclic) bond motifs is 1. The summed E-state index contributed by atoms with van der Waals surface area (Å²) in [7, 11) is 0. The van der Waals surface area contributed by atoms with E-state index in [2.05, 4.69) is 37.3 Å². The Bertz CT molecular complexity index is 1030. The number of aromatic nitrogens is 3. The minimum absolute atomic E-state index is 0.237. The second-order valence-corrected chi connectivity index (χ2v) is 7.83. The van der Waals surface area contributed by atoms with Gasteiger partial charge in [0.1, 0.15) is 11.4 Å². The number of amides is 3. The van der Waals surface area contributed by atoms with Crippen LogP contribution < -0.4 is 10.6 Å². The molecule has 0 atom stereocenters. The first-order chi connectivity index (χ1) is 14.7. The van der Waals surface area contributed by atoms with Gasteiger partial charge in [0.2, 0.25) is 5.95 Å². The third kappa shape index (κ3) is 5.59. The minimum atomic E-state index is -0.642. The fraction of sp³-hybridized carbons (Fsp3) is 0.350. The average molecular weight is 424 g/mol. The lowest BCUT2D eigenvalue weighted by atomic mass is 10.1. The molecule has 0 unspecified atom stereocenters. The van der Waals surface area contributed by atoms with Crippen molar-refractivity contribution in [1.29, 1.82) is 5.41 Å². The van der Waals surface area contributed by atoms with E-state index in [4.69, 9.17) is 10.1 Å². The van der Waals surface area contributed by atoms with E-state index in [1.807, 2.05) is 20.8 Å². The van der Waals surface area contributed by atoms with Crippen LogP contribution in [0.2, 0.25) is 0 Å². The van der Waals surface area contributed by atoms with Gasteiger partial charge in [-0.3, -0.25) is 5.32 Å². The van der Waals surface area contributed by atoms with E-state index in [1.165, 1.54) is 12.3 Å². The summed E-state index contributed by atoms with van der Waals surface area (Å²) in [6.07, 6.45) is 4.54. The van der Waals surface area contributed by atoms with E-state index in [0.717, 1.165) is 17.5 Å². The topological polar surface area (TPSA) is 146 Å². The molecule has 1 aliphatic heterocycles. The van der Waals surface area contributed by atoms with E-state index in [9.17, 15) is 9.59 Å².